The summed E-state index contributed by atoms with van der Waals surface area (Å²) < 4.78 is 30.9. The second kappa shape index (κ2) is 6.22. The molecule has 0 spiro atoms. The molecule has 115 valence electrons. The van der Waals surface area contributed by atoms with Gasteiger partial charge in [-0.2, -0.15) is 0 Å². The molecule has 0 N–H and O–H groups in total. The first-order valence-corrected chi connectivity index (χ1v) is 8.43. The van der Waals surface area contributed by atoms with Crippen molar-refractivity contribution in [2.75, 3.05) is 7.11 Å². The van der Waals surface area contributed by atoms with Gasteiger partial charge < -0.3 is 4.74 Å². The first-order valence-electron chi connectivity index (χ1n) is 6.95. The molecule has 0 aliphatic heterocycles. The van der Waals surface area contributed by atoms with Gasteiger partial charge in [0.2, 0.25) is 14.9 Å². The van der Waals surface area contributed by atoms with Crippen molar-refractivity contribution in [3.8, 4) is 17.0 Å². The molecule has 0 unspecified atom stereocenters. The van der Waals surface area contributed by atoms with Gasteiger partial charge in [0.25, 0.3) is 0 Å². The molecule has 5 heteroatoms. The number of benzene rings is 2. The normalized spacial score (nSPS) is 11.2. The minimum Gasteiger partial charge on any atom is -0.494 e. The lowest BCUT2D eigenvalue weighted by Gasteiger charge is -2.10. The van der Waals surface area contributed by atoms with Crippen LogP contribution in [0.1, 0.15) is 0 Å². The zero-order valence-corrected chi connectivity index (χ0v) is 13.2. The van der Waals surface area contributed by atoms with Crippen molar-refractivity contribution >= 4 is 9.84 Å². The molecule has 1 heterocycles. The van der Waals surface area contributed by atoms with Crippen molar-refractivity contribution in [1.29, 1.82) is 0 Å². The number of ether oxygens (including phenoxy) is 1. The maximum atomic E-state index is 12.8. The summed E-state index contributed by atoms with van der Waals surface area (Å²) in [6.07, 6.45) is 0. The van der Waals surface area contributed by atoms with Crippen LogP contribution in [0.3, 0.4) is 0 Å². The van der Waals surface area contributed by atoms with Crippen molar-refractivity contribution in [1.82, 2.24) is 4.98 Å². The average molecular weight is 324 g/mol. The summed E-state index contributed by atoms with van der Waals surface area (Å²) in [5.41, 5.74) is 1.25. The molecule has 4 nitrogen and oxygen atoms in total. The third-order valence-corrected chi connectivity index (χ3v) is 5.03. The van der Waals surface area contributed by atoms with E-state index in [2.05, 4.69) is 11.1 Å². The summed E-state index contributed by atoms with van der Waals surface area (Å²) in [5.74, 6) is 0.175. The average Bonchev–Trinajstić information content (AvgIpc) is 2.62. The standard InChI is InChI=1S/C18H14NO3S/c1-22-17-13-12-16(14-8-4-2-5-9-14)19-18(17)23(20,21)15-10-6-3-7-11-15/h2-11,13H,1H3. The third-order valence-electron chi connectivity index (χ3n) is 3.34. The number of pyridine rings is 1. The highest BCUT2D eigenvalue weighted by Crippen LogP contribution is 2.30. The van der Waals surface area contributed by atoms with Gasteiger partial charge >= 0.3 is 0 Å². The molecule has 1 aromatic heterocycles. The van der Waals surface area contributed by atoms with E-state index in [-0.39, 0.29) is 15.7 Å². The Labute approximate surface area is 135 Å². The summed E-state index contributed by atoms with van der Waals surface area (Å²) in [5, 5.41) is -0.108. The van der Waals surface area contributed by atoms with Crippen LogP contribution in [0.4, 0.5) is 0 Å². The third kappa shape index (κ3) is 2.96. The van der Waals surface area contributed by atoms with Gasteiger partial charge in [-0.3, -0.25) is 0 Å². The van der Waals surface area contributed by atoms with Crippen molar-refractivity contribution in [3.63, 3.8) is 0 Å². The van der Waals surface area contributed by atoms with E-state index in [4.69, 9.17) is 4.74 Å². The molecular formula is C18H14NO3S. The minimum absolute atomic E-state index is 0.108. The minimum atomic E-state index is -3.77. The van der Waals surface area contributed by atoms with Gasteiger partial charge in [-0.05, 0) is 18.2 Å². The summed E-state index contributed by atoms with van der Waals surface area (Å²) in [6.45, 7) is 0. The lowest BCUT2D eigenvalue weighted by molar-refractivity contribution is 0.398. The second-order valence-electron chi connectivity index (χ2n) is 4.81. The molecule has 0 saturated carbocycles. The summed E-state index contributed by atoms with van der Waals surface area (Å²) in [4.78, 5) is 4.47. The number of hydrogen-bond donors (Lipinski definition) is 0. The molecule has 0 saturated heterocycles. The first-order chi connectivity index (χ1) is 11.1. The predicted molar refractivity (Wildman–Crippen MR) is 87.0 cm³/mol. The zero-order chi connectivity index (χ0) is 16.3. The second-order valence-corrected chi connectivity index (χ2v) is 6.67. The zero-order valence-electron chi connectivity index (χ0n) is 12.4. The van der Waals surface area contributed by atoms with Crippen LogP contribution >= 0.6 is 0 Å². The summed E-state index contributed by atoms with van der Waals surface area (Å²) in [6, 6.07) is 22.0. The quantitative estimate of drug-likeness (QED) is 0.738. The van der Waals surface area contributed by atoms with E-state index in [0.717, 1.165) is 5.56 Å². The highest BCUT2D eigenvalue weighted by molar-refractivity contribution is 7.91. The van der Waals surface area contributed by atoms with Gasteiger partial charge in [0.15, 0.2) is 5.75 Å². The fourth-order valence-electron chi connectivity index (χ4n) is 2.18. The van der Waals surface area contributed by atoms with E-state index in [1.165, 1.54) is 25.3 Å². The van der Waals surface area contributed by atoms with Crippen LogP contribution in [0.15, 0.2) is 76.7 Å². The Kier molecular flexibility index (Phi) is 4.12. The molecular weight excluding hydrogens is 310 g/mol. The molecule has 2 aromatic carbocycles. The topological polar surface area (TPSA) is 56.3 Å². The molecule has 3 aromatic rings. The van der Waals surface area contributed by atoms with Gasteiger partial charge in [-0.1, -0.05) is 48.5 Å². The number of methoxy groups -OCH3 is 1. The summed E-state index contributed by atoms with van der Waals surface area (Å²) >= 11 is 0. The van der Waals surface area contributed by atoms with E-state index < -0.39 is 9.84 Å². The Hall–Kier alpha value is -2.66. The van der Waals surface area contributed by atoms with Crippen LogP contribution in [-0.4, -0.2) is 20.5 Å². The van der Waals surface area contributed by atoms with Crippen LogP contribution in [0.25, 0.3) is 11.3 Å². The molecule has 1 radical (unpaired) electrons. The van der Waals surface area contributed by atoms with Gasteiger partial charge in [0.05, 0.1) is 17.7 Å². The Bertz CT molecular complexity index is 908. The van der Waals surface area contributed by atoms with Crippen molar-refractivity contribution < 1.29 is 13.2 Å². The van der Waals surface area contributed by atoms with Crippen LogP contribution in [-0.2, 0) is 9.84 Å². The van der Waals surface area contributed by atoms with Crippen molar-refractivity contribution in [3.05, 3.63) is 72.8 Å². The van der Waals surface area contributed by atoms with Crippen LogP contribution in [0.2, 0.25) is 0 Å². The smallest absolute Gasteiger partial charge is 0.227 e. The maximum Gasteiger partial charge on any atom is 0.227 e. The number of nitrogens with zero attached hydrogens (tertiary/aromatic N) is 1. The van der Waals surface area contributed by atoms with Crippen LogP contribution in [0, 0.1) is 6.07 Å². The predicted octanol–water partition coefficient (Wildman–Crippen LogP) is 3.39. The number of rotatable bonds is 4. The fraction of sp³-hybridized carbons (Fsp3) is 0.0556. The molecule has 0 aliphatic rings. The van der Waals surface area contributed by atoms with E-state index in [1.54, 1.807) is 18.2 Å². The van der Waals surface area contributed by atoms with Crippen LogP contribution in [0.5, 0.6) is 5.75 Å². The SMILES string of the molecule is COc1c[c]c(-c2ccccc2)nc1S(=O)(=O)c1ccccc1. The van der Waals surface area contributed by atoms with Crippen molar-refractivity contribution in [2.45, 2.75) is 9.92 Å². The van der Waals surface area contributed by atoms with Gasteiger partial charge in [0, 0.05) is 11.6 Å². The Balaban J connectivity index is 2.18. The Morgan fingerprint density at radius 3 is 2.17 bits per heavy atom. The number of hydrogen-bond acceptors (Lipinski definition) is 4. The monoisotopic (exact) mass is 324 g/mol. The first kappa shape index (κ1) is 15.2. The Morgan fingerprint density at radius 1 is 0.957 bits per heavy atom. The largest absolute Gasteiger partial charge is 0.494 e. The molecule has 0 aliphatic carbocycles. The number of aromatic nitrogens is 1. The number of sulfone groups is 1. The molecule has 0 amide bonds. The van der Waals surface area contributed by atoms with Crippen LogP contribution < -0.4 is 4.74 Å². The highest BCUT2D eigenvalue weighted by Gasteiger charge is 2.24. The molecule has 0 fully saturated rings. The van der Waals surface area contributed by atoms with E-state index in [9.17, 15) is 8.42 Å². The van der Waals surface area contributed by atoms with E-state index >= 15 is 0 Å². The molecule has 23 heavy (non-hydrogen) atoms. The van der Waals surface area contributed by atoms with Gasteiger partial charge in [0.1, 0.15) is 0 Å². The maximum absolute atomic E-state index is 12.8. The molecule has 0 bridgehead atoms. The van der Waals surface area contributed by atoms with Gasteiger partial charge in [-0.25, -0.2) is 13.4 Å². The lowest BCUT2D eigenvalue weighted by Crippen LogP contribution is -2.07. The fourth-order valence-corrected chi connectivity index (χ4v) is 3.54. The summed E-state index contributed by atoms with van der Waals surface area (Å²) in [7, 11) is -2.35. The Morgan fingerprint density at radius 2 is 1.57 bits per heavy atom. The van der Waals surface area contributed by atoms with Gasteiger partial charge in [-0.15, -0.1) is 0 Å². The van der Waals surface area contributed by atoms with E-state index in [0.29, 0.717) is 5.69 Å². The highest BCUT2D eigenvalue weighted by atomic mass is 32.2. The van der Waals surface area contributed by atoms with Crippen molar-refractivity contribution in [2.24, 2.45) is 0 Å². The molecule has 3 rings (SSSR count). The lowest BCUT2D eigenvalue weighted by atomic mass is 10.1. The molecule has 0 atom stereocenters. The van der Waals surface area contributed by atoms with E-state index in [1.807, 2.05) is 30.3 Å².